The van der Waals surface area contributed by atoms with E-state index in [4.69, 9.17) is 4.98 Å². The van der Waals surface area contributed by atoms with Gasteiger partial charge in [0.1, 0.15) is 10.0 Å². The minimum absolute atomic E-state index is 0. The Morgan fingerprint density at radius 2 is 1.92 bits per heavy atom. The molecule has 1 amide bonds. The van der Waals surface area contributed by atoms with E-state index in [0.717, 1.165) is 58.3 Å². The van der Waals surface area contributed by atoms with E-state index in [2.05, 4.69) is 23.2 Å². The molecule has 3 heterocycles. The number of nitrogens with one attached hydrogen (secondary N) is 1. The van der Waals surface area contributed by atoms with Crippen molar-refractivity contribution in [3.8, 4) is 10.6 Å². The first-order chi connectivity index (χ1) is 16.9. The molecule has 0 fully saturated rings. The molecule has 0 radical (unpaired) electrons. The summed E-state index contributed by atoms with van der Waals surface area (Å²) in [5.74, 6) is -0.323. The third-order valence-corrected chi connectivity index (χ3v) is 10.2. The lowest BCUT2D eigenvalue weighted by Crippen LogP contribution is -2.30. The summed E-state index contributed by atoms with van der Waals surface area (Å²) in [5.41, 5.74) is 3.55. The summed E-state index contributed by atoms with van der Waals surface area (Å²) in [7, 11) is -3.40. The van der Waals surface area contributed by atoms with Gasteiger partial charge in [0.25, 0.3) is 5.91 Å². The van der Waals surface area contributed by atoms with Crippen LogP contribution in [0.5, 0.6) is 0 Å². The van der Waals surface area contributed by atoms with Crippen LogP contribution in [0.4, 0.5) is 5.00 Å². The number of sulfone groups is 1. The molecule has 6 nitrogen and oxygen atoms in total. The number of hydrogen-bond donors (Lipinski definition) is 1. The number of fused-ring (bicyclic) bond motifs is 2. The number of amides is 1. The number of halogens is 1. The van der Waals surface area contributed by atoms with E-state index in [9.17, 15) is 13.2 Å². The van der Waals surface area contributed by atoms with Gasteiger partial charge in [-0.15, -0.1) is 35.1 Å². The second-order valence-electron chi connectivity index (χ2n) is 8.61. The number of thiazole rings is 1. The van der Waals surface area contributed by atoms with E-state index in [1.54, 1.807) is 41.7 Å². The molecule has 5 rings (SSSR count). The molecule has 0 saturated heterocycles. The fraction of sp³-hybridized carbons (Fsp3) is 0.308. The molecule has 36 heavy (non-hydrogen) atoms. The number of aromatic nitrogens is 1. The van der Waals surface area contributed by atoms with Crippen molar-refractivity contribution < 1.29 is 13.2 Å². The Morgan fingerprint density at radius 1 is 1.11 bits per heavy atom. The zero-order chi connectivity index (χ0) is 24.6. The van der Waals surface area contributed by atoms with Crippen molar-refractivity contribution in [3.63, 3.8) is 0 Å². The number of thiophene rings is 1. The van der Waals surface area contributed by atoms with Gasteiger partial charge in [-0.3, -0.25) is 9.69 Å². The standard InChI is InChI=1S/C26H27N3O3S3.ClH/c1-3-13-29-14-12-19-22(16-29)34-26(23(19)25-27-20-10-5-6-11-21(20)33-25)28-24(30)17-8-7-9-18(15-17)35(31,32)4-2;/h5-11,15H,3-4,12-14,16H2,1-2H3,(H,28,30);1H. The van der Waals surface area contributed by atoms with Crippen LogP contribution in [-0.2, 0) is 22.8 Å². The molecule has 0 atom stereocenters. The summed E-state index contributed by atoms with van der Waals surface area (Å²) in [6.45, 7) is 6.69. The number of hydrogen-bond acceptors (Lipinski definition) is 7. The first-order valence-electron chi connectivity index (χ1n) is 11.8. The molecule has 2 aromatic carbocycles. The third-order valence-electron chi connectivity index (χ3n) is 6.25. The maximum atomic E-state index is 13.3. The summed E-state index contributed by atoms with van der Waals surface area (Å²) in [6.07, 6.45) is 2.02. The predicted molar refractivity (Wildman–Crippen MR) is 152 cm³/mol. The minimum atomic E-state index is -3.40. The second-order valence-corrected chi connectivity index (χ2v) is 13.0. The molecule has 4 aromatic rings. The fourth-order valence-electron chi connectivity index (χ4n) is 4.43. The highest BCUT2D eigenvalue weighted by Crippen LogP contribution is 2.45. The van der Waals surface area contributed by atoms with E-state index in [-0.39, 0.29) is 29.0 Å². The lowest BCUT2D eigenvalue weighted by molar-refractivity contribution is 0.102. The Morgan fingerprint density at radius 3 is 2.67 bits per heavy atom. The largest absolute Gasteiger partial charge is 0.313 e. The maximum Gasteiger partial charge on any atom is 0.256 e. The Labute approximate surface area is 225 Å². The van der Waals surface area contributed by atoms with Crippen molar-refractivity contribution in [2.75, 3.05) is 24.2 Å². The number of anilines is 1. The van der Waals surface area contributed by atoms with Crippen LogP contribution in [-0.4, -0.2) is 43.1 Å². The quantitative estimate of drug-likeness (QED) is 0.288. The second kappa shape index (κ2) is 11.0. The van der Waals surface area contributed by atoms with Crippen LogP contribution in [0.3, 0.4) is 0 Å². The van der Waals surface area contributed by atoms with Gasteiger partial charge in [0.05, 0.1) is 20.9 Å². The van der Waals surface area contributed by atoms with Gasteiger partial charge in [-0.05, 0) is 55.3 Å². The monoisotopic (exact) mass is 561 g/mol. The molecule has 10 heteroatoms. The average molecular weight is 562 g/mol. The summed E-state index contributed by atoms with van der Waals surface area (Å²) in [4.78, 5) is 22.1. The number of carbonyl (C=O) groups excluding carboxylic acids is 1. The molecule has 0 aliphatic carbocycles. The Balaban J connectivity index is 0.00000304. The molecule has 1 N–H and O–H groups in total. The zero-order valence-corrected chi connectivity index (χ0v) is 23.4. The molecule has 0 spiro atoms. The Kier molecular flexibility index (Phi) is 8.16. The van der Waals surface area contributed by atoms with Crippen LogP contribution in [0, 0.1) is 0 Å². The van der Waals surface area contributed by atoms with Gasteiger partial charge in [0, 0.05) is 29.1 Å². The van der Waals surface area contributed by atoms with Crippen molar-refractivity contribution in [1.29, 1.82) is 0 Å². The van der Waals surface area contributed by atoms with Crippen LogP contribution in [0.25, 0.3) is 20.8 Å². The van der Waals surface area contributed by atoms with Crippen LogP contribution in [0.15, 0.2) is 53.4 Å². The van der Waals surface area contributed by atoms with Crippen molar-refractivity contribution in [2.45, 2.75) is 38.1 Å². The lowest BCUT2D eigenvalue weighted by atomic mass is 10.0. The van der Waals surface area contributed by atoms with Gasteiger partial charge >= 0.3 is 0 Å². The molecule has 2 aromatic heterocycles. The highest BCUT2D eigenvalue weighted by atomic mass is 35.5. The van der Waals surface area contributed by atoms with Gasteiger partial charge in [-0.2, -0.15) is 0 Å². The van der Waals surface area contributed by atoms with Crippen LogP contribution in [0.2, 0.25) is 0 Å². The van der Waals surface area contributed by atoms with E-state index < -0.39 is 9.84 Å². The number of benzene rings is 2. The van der Waals surface area contributed by atoms with E-state index >= 15 is 0 Å². The van der Waals surface area contributed by atoms with Crippen LogP contribution < -0.4 is 5.32 Å². The number of carbonyl (C=O) groups is 1. The van der Waals surface area contributed by atoms with E-state index in [0.29, 0.717) is 5.56 Å². The van der Waals surface area contributed by atoms with Crippen molar-refractivity contribution in [1.82, 2.24) is 9.88 Å². The fourth-order valence-corrected chi connectivity index (χ4v) is 7.75. The topological polar surface area (TPSA) is 79.4 Å². The molecule has 190 valence electrons. The van der Waals surface area contributed by atoms with Gasteiger partial charge in [0.15, 0.2) is 9.84 Å². The Hall–Kier alpha value is -2.30. The number of para-hydroxylation sites is 1. The van der Waals surface area contributed by atoms with Crippen LogP contribution >= 0.6 is 35.1 Å². The summed E-state index contributed by atoms with van der Waals surface area (Å²) < 4.78 is 25.8. The molecule has 0 bridgehead atoms. The van der Waals surface area contributed by atoms with Crippen molar-refractivity contribution >= 4 is 66.0 Å². The minimum Gasteiger partial charge on any atom is -0.313 e. The molecular weight excluding hydrogens is 534 g/mol. The maximum absolute atomic E-state index is 13.3. The number of rotatable bonds is 7. The molecule has 0 saturated carbocycles. The van der Waals surface area contributed by atoms with Gasteiger partial charge < -0.3 is 5.32 Å². The number of nitrogens with zero attached hydrogens (tertiary/aromatic N) is 2. The normalized spacial score (nSPS) is 13.8. The van der Waals surface area contributed by atoms with E-state index in [1.807, 2.05) is 18.2 Å². The van der Waals surface area contributed by atoms with Crippen molar-refractivity contribution in [3.05, 3.63) is 64.5 Å². The molecule has 1 aliphatic heterocycles. The summed E-state index contributed by atoms with van der Waals surface area (Å²) in [5, 5.41) is 4.79. The van der Waals surface area contributed by atoms with Gasteiger partial charge in [-0.1, -0.05) is 32.0 Å². The highest BCUT2D eigenvalue weighted by Gasteiger charge is 2.28. The van der Waals surface area contributed by atoms with Gasteiger partial charge in [-0.25, -0.2) is 13.4 Å². The highest BCUT2D eigenvalue weighted by molar-refractivity contribution is 7.91. The Bertz CT molecular complexity index is 1480. The molecular formula is C26H28ClN3O3S3. The smallest absolute Gasteiger partial charge is 0.256 e. The lowest BCUT2D eigenvalue weighted by Gasteiger charge is -2.26. The zero-order valence-electron chi connectivity index (χ0n) is 20.1. The first-order valence-corrected chi connectivity index (χ1v) is 15.0. The van der Waals surface area contributed by atoms with Crippen molar-refractivity contribution in [2.24, 2.45) is 0 Å². The molecule has 0 unspecified atom stereocenters. The third kappa shape index (κ3) is 5.21. The van der Waals surface area contributed by atoms with Crippen LogP contribution in [0.1, 0.15) is 41.1 Å². The SMILES string of the molecule is CCCN1CCc2c(sc(NC(=O)c3cccc(S(=O)(=O)CC)c3)c2-c2nc3ccccc3s2)C1.Cl. The predicted octanol–water partition coefficient (Wildman–Crippen LogP) is 6.26. The average Bonchev–Trinajstić information content (AvgIpc) is 3.44. The summed E-state index contributed by atoms with van der Waals surface area (Å²) in [6, 6.07) is 14.3. The first kappa shape index (κ1) is 26.8. The van der Waals surface area contributed by atoms with E-state index in [1.165, 1.54) is 22.6 Å². The van der Waals surface area contributed by atoms with Gasteiger partial charge in [0.2, 0.25) is 0 Å². The molecule has 1 aliphatic rings. The summed E-state index contributed by atoms with van der Waals surface area (Å²) >= 11 is 3.24.